The third kappa shape index (κ3) is 8.45. The number of ether oxygens (including phenoxy) is 1. The van der Waals surface area contributed by atoms with Gasteiger partial charge in [0.1, 0.15) is 0 Å². The van der Waals surface area contributed by atoms with Gasteiger partial charge >= 0.3 is 11.9 Å². The Bertz CT molecular complexity index is 1010. The first-order valence-corrected chi connectivity index (χ1v) is 11.8. The molecule has 2 N–H and O–H groups in total. The summed E-state index contributed by atoms with van der Waals surface area (Å²) in [5.41, 5.74) is 2.26. The molecule has 3 heterocycles. The molecule has 2 aromatic heterocycles. The Balaban J connectivity index is 0.000000331. The van der Waals surface area contributed by atoms with Crippen LogP contribution in [0.1, 0.15) is 31.4 Å². The van der Waals surface area contributed by atoms with Crippen LogP contribution in [0.15, 0.2) is 54.9 Å². The Morgan fingerprint density at radius 1 is 1.00 bits per heavy atom. The number of thiazole rings is 1. The molecule has 0 saturated carbocycles. The number of imidazole rings is 1. The smallest absolute Gasteiger partial charge is 0.328 e. The van der Waals surface area contributed by atoms with Gasteiger partial charge in [-0.15, -0.1) is 0 Å². The minimum Gasteiger partial charge on any atom is -0.478 e. The van der Waals surface area contributed by atoms with E-state index in [9.17, 15) is 9.59 Å². The van der Waals surface area contributed by atoms with Crippen LogP contribution in [0.25, 0.3) is 15.4 Å². The van der Waals surface area contributed by atoms with Crippen molar-refractivity contribution in [3.05, 3.63) is 60.6 Å². The molecule has 1 aromatic carbocycles. The first-order chi connectivity index (χ1) is 16.0. The zero-order chi connectivity index (χ0) is 23.5. The van der Waals surface area contributed by atoms with Crippen LogP contribution in [-0.2, 0) is 20.9 Å². The molecule has 8 nitrogen and oxygen atoms in total. The van der Waals surface area contributed by atoms with Crippen molar-refractivity contribution in [3.63, 3.8) is 0 Å². The Morgan fingerprint density at radius 2 is 1.67 bits per heavy atom. The summed E-state index contributed by atoms with van der Waals surface area (Å²) in [4.78, 5) is 28.6. The van der Waals surface area contributed by atoms with Crippen molar-refractivity contribution in [2.75, 3.05) is 26.2 Å². The molecule has 176 valence electrons. The lowest BCUT2D eigenvalue weighted by Gasteiger charge is -2.19. The molecule has 0 unspecified atom stereocenters. The second-order valence-electron chi connectivity index (χ2n) is 7.70. The van der Waals surface area contributed by atoms with Crippen LogP contribution in [0.5, 0.6) is 0 Å². The van der Waals surface area contributed by atoms with Gasteiger partial charge in [-0.1, -0.05) is 54.5 Å². The second-order valence-corrected chi connectivity index (χ2v) is 8.71. The van der Waals surface area contributed by atoms with Crippen molar-refractivity contribution < 1.29 is 24.5 Å². The highest BCUT2D eigenvalue weighted by Gasteiger charge is 2.10. The van der Waals surface area contributed by atoms with Gasteiger partial charge in [0.25, 0.3) is 0 Å². The summed E-state index contributed by atoms with van der Waals surface area (Å²) in [6.07, 6.45) is 10.8. The largest absolute Gasteiger partial charge is 0.478 e. The molecular weight excluding hydrogens is 442 g/mol. The lowest BCUT2D eigenvalue weighted by molar-refractivity contribution is -0.134. The van der Waals surface area contributed by atoms with Gasteiger partial charge in [0.2, 0.25) is 0 Å². The van der Waals surface area contributed by atoms with Crippen LogP contribution in [-0.4, -0.2) is 62.7 Å². The van der Waals surface area contributed by atoms with Crippen LogP contribution in [0.3, 0.4) is 0 Å². The molecule has 0 amide bonds. The van der Waals surface area contributed by atoms with Crippen molar-refractivity contribution in [2.45, 2.75) is 32.3 Å². The van der Waals surface area contributed by atoms with E-state index in [1.54, 1.807) is 11.3 Å². The zero-order valence-corrected chi connectivity index (χ0v) is 19.2. The fourth-order valence-corrected chi connectivity index (χ4v) is 4.51. The van der Waals surface area contributed by atoms with E-state index in [0.29, 0.717) is 18.8 Å². The Hall–Kier alpha value is -3.01. The van der Waals surface area contributed by atoms with Crippen molar-refractivity contribution in [1.82, 2.24) is 14.3 Å². The number of fused-ring (bicyclic) bond motifs is 1. The summed E-state index contributed by atoms with van der Waals surface area (Å²) in [7, 11) is 0. The standard InChI is InChI=1S/C20H25N3OS.C4H4O4/c1-2-7-11-22(10-6-1)12-13-24-16-18-14-23-15-19(25-20(23)21-18)17-8-4-3-5-9-17;5-3(6)1-2-4(7)8/h3-5,8-9,14-15H,1-2,6-7,10-13,16H2;1-2H,(H,5,6)(H,7,8). The quantitative estimate of drug-likeness (QED) is 0.375. The molecule has 0 radical (unpaired) electrons. The van der Waals surface area contributed by atoms with Crippen LogP contribution in [0.2, 0.25) is 0 Å². The molecule has 0 aliphatic carbocycles. The number of carboxylic acids is 2. The lowest BCUT2D eigenvalue weighted by Crippen LogP contribution is -2.28. The normalized spacial score (nSPS) is 14.7. The number of aromatic nitrogens is 2. The summed E-state index contributed by atoms with van der Waals surface area (Å²) >= 11 is 1.72. The van der Waals surface area contributed by atoms with E-state index in [0.717, 1.165) is 23.8 Å². The number of carboxylic acid groups (broad SMARTS) is 2. The van der Waals surface area contributed by atoms with E-state index < -0.39 is 11.9 Å². The van der Waals surface area contributed by atoms with Crippen LogP contribution in [0, 0.1) is 0 Å². The van der Waals surface area contributed by atoms with Crippen molar-refractivity contribution in [1.29, 1.82) is 0 Å². The highest BCUT2D eigenvalue weighted by molar-refractivity contribution is 7.20. The predicted molar refractivity (Wildman–Crippen MR) is 127 cm³/mol. The van der Waals surface area contributed by atoms with Gasteiger partial charge in [0, 0.05) is 31.1 Å². The number of aliphatic carboxylic acids is 2. The average molecular weight is 472 g/mol. The maximum Gasteiger partial charge on any atom is 0.328 e. The summed E-state index contributed by atoms with van der Waals surface area (Å²) in [5, 5.41) is 15.6. The second kappa shape index (κ2) is 12.9. The highest BCUT2D eigenvalue weighted by Crippen LogP contribution is 2.28. The average Bonchev–Trinajstić information content (AvgIpc) is 3.25. The van der Waals surface area contributed by atoms with E-state index in [1.165, 1.54) is 49.2 Å². The van der Waals surface area contributed by atoms with Crippen molar-refractivity contribution in [3.8, 4) is 10.4 Å². The minimum absolute atomic E-state index is 0.558. The Labute approximate surface area is 196 Å². The van der Waals surface area contributed by atoms with Crippen LogP contribution >= 0.6 is 11.3 Å². The fourth-order valence-electron chi connectivity index (χ4n) is 3.52. The molecule has 1 saturated heterocycles. The fraction of sp³-hybridized carbons (Fsp3) is 0.375. The van der Waals surface area contributed by atoms with E-state index in [1.807, 2.05) is 6.07 Å². The zero-order valence-electron chi connectivity index (χ0n) is 18.4. The lowest BCUT2D eigenvalue weighted by atomic mass is 10.2. The van der Waals surface area contributed by atoms with Crippen LogP contribution < -0.4 is 0 Å². The summed E-state index contributed by atoms with van der Waals surface area (Å²) in [5.74, 6) is -2.51. The number of likely N-dealkylation sites (tertiary alicyclic amines) is 1. The third-order valence-electron chi connectivity index (χ3n) is 5.13. The van der Waals surface area contributed by atoms with E-state index in [2.05, 4.69) is 46.0 Å². The number of benzene rings is 1. The maximum absolute atomic E-state index is 9.55. The number of hydrogen-bond acceptors (Lipinski definition) is 6. The van der Waals surface area contributed by atoms with Crippen molar-refractivity contribution in [2.24, 2.45) is 0 Å². The predicted octanol–water partition coefficient (Wildman–Crippen LogP) is 4.17. The monoisotopic (exact) mass is 471 g/mol. The molecule has 4 rings (SSSR count). The van der Waals surface area contributed by atoms with E-state index >= 15 is 0 Å². The number of hydrogen-bond donors (Lipinski definition) is 2. The maximum atomic E-state index is 9.55. The molecule has 0 atom stereocenters. The SMILES string of the molecule is O=C(O)C=CC(=O)O.c1ccc(-c2cn3cc(COCCN4CCCCCC4)nc3s2)cc1. The van der Waals surface area contributed by atoms with E-state index in [-0.39, 0.29) is 0 Å². The summed E-state index contributed by atoms with van der Waals surface area (Å²) in [6, 6.07) is 10.5. The van der Waals surface area contributed by atoms with Gasteiger partial charge in [-0.2, -0.15) is 0 Å². The Kier molecular flexibility index (Phi) is 9.61. The minimum atomic E-state index is -1.26. The summed E-state index contributed by atoms with van der Waals surface area (Å²) < 4.78 is 7.98. The molecule has 9 heteroatoms. The molecule has 1 fully saturated rings. The molecule has 3 aromatic rings. The molecular formula is C24H29N3O5S. The number of rotatable bonds is 8. The van der Waals surface area contributed by atoms with E-state index in [4.69, 9.17) is 19.9 Å². The first-order valence-electron chi connectivity index (χ1n) is 11.0. The van der Waals surface area contributed by atoms with Gasteiger partial charge < -0.3 is 19.8 Å². The molecule has 1 aliphatic heterocycles. The number of nitrogens with zero attached hydrogens (tertiary/aromatic N) is 3. The van der Waals surface area contributed by atoms with Gasteiger partial charge in [-0.3, -0.25) is 4.40 Å². The molecule has 0 spiro atoms. The number of carbonyl (C=O) groups is 2. The topological polar surface area (TPSA) is 104 Å². The molecule has 0 bridgehead atoms. The summed E-state index contributed by atoms with van der Waals surface area (Å²) in [6.45, 7) is 4.89. The third-order valence-corrected chi connectivity index (χ3v) is 6.18. The van der Waals surface area contributed by atoms with Gasteiger partial charge in [0.15, 0.2) is 4.96 Å². The highest BCUT2D eigenvalue weighted by atomic mass is 32.1. The Morgan fingerprint density at radius 3 is 2.27 bits per heavy atom. The van der Waals surface area contributed by atoms with Gasteiger partial charge in [-0.25, -0.2) is 14.6 Å². The molecule has 33 heavy (non-hydrogen) atoms. The first kappa shape index (κ1) is 24.6. The van der Waals surface area contributed by atoms with Crippen LogP contribution in [0.4, 0.5) is 0 Å². The van der Waals surface area contributed by atoms with Crippen molar-refractivity contribution >= 4 is 28.2 Å². The van der Waals surface area contributed by atoms with Gasteiger partial charge in [-0.05, 0) is 31.5 Å². The van der Waals surface area contributed by atoms with Gasteiger partial charge in [0.05, 0.1) is 23.8 Å². The molecule has 1 aliphatic rings.